The summed E-state index contributed by atoms with van der Waals surface area (Å²) in [4.78, 5) is 0. The van der Waals surface area contributed by atoms with Gasteiger partial charge < -0.3 is 5.11 Å². The number of benzene rings is 1. The fourth-order valence-electron chi connectivity index (χ4n) is 1.69. The third-order valence-electron chi connectivity index (χ3n) is 2.57. The lowest BCUT2D eigenvalue weighted by molar-refractivity contribution is 0.207. The van der Waals surface area contributed by atoms with Crippen molar-refractivity contribution in [3.8, 4) is 5.69 Å². The maximum atomic E-state index is 10.2. The van der Waals surface area contributed by atoms with Gasteiger partial charge in [-0.1, -0.05) is 23.4 Å². The van der Waals surface area contributed by atoms with E-state index in [1.165, 1.54) is 12.4 Å². The minimum atomic E-state index is -0.918. The smallest absolute Gasteiger partial charge is 0.143 e. The van der Waals surface area contributed by atoms with E-state index in [1.807, 2.05) is 30.3 Å². The molecule has 0 amide bonds. The maximum absolute atomic E-state index is 10.2. The van der Waals surface area contributed by atoms with Crippen LogP contribution in [0, 0.1) is 0 Å². The van der Waals surface area contributed by atoms with Gasteiger partial charge in [-0.25, -0.2) is 4.68 Å². The molecule has 3 rings (SSSR count). The van der Waals surface area contributed by atoms with Gasteiger partial charge in [0.05, 0.1) is 23.8 Å². The Labute approximate surface area is 102 Å². The Morgan fingerprint density at radius 3 is 2.72 bits per heavy atom. The van der Waals surface area contributed by atoms with Gasteiger partial charge in [-0.15, -0.1) is 5.10 Å². The number of aliphatic hydroxyl groups excluding tert-OH is 1. The molecule has 0 saturated heterocycles. The van der Waals surface area contributed by atoms with Gasteiger partial charge in [0.25, 0.3) is 0 Å². The number of hydrogen-bond donors (Lipinski definition) is 2. The first kappa shape index (κ1) is 10.6. The second-order valence-electron chi connectivity index (χ2n) is 3.70. The fourth-order valence-corrected chi connectivity index (χ4v) is 1.69. The van der Waals surface area contributed by atoms with Crippen molar-refractivity contribution in [1.82, 2.24) is 30.4 Å². The SMILES string of the molecule is OC(c1cn[nH]n1)c1cnnn1-c1ccccc1. The number of aliphatic hydroxyl groups is 1. The third-order valence-corrected chi connectivity index (χ3v) is 2.57. The average molecular weight is 242 g/mol. The van der Waals surface area contributed by atoms with Crippen LogP contribution in [0.3, 0.4) is 0 Å². The van der Waals surface area contributed by atoms with Crippen LogP contribution in [0.2, 0.25) is 0 Å². The molecular formula is C11H10N6O. The lowest BCUT2D eigenvalue weighted by atomic mass is 10.2. The van der Waals surface area contributed by atoms with Gasteiger partial charge >= 0.3 is 0 Å². The van der Waals surface area contributed by atoms with Crippen molar-refractivity contribution in [3.05, 3.63) is 54.1 Å². The van der Waals surface area contributed by atoms with E-state index in [0.29, 0.717) is 11.4 Å². The molecule has 18 heavy (non-hydrogen) atoms. The first-order valence-electron chi connectivity index (χ1n) is 5.36. The van der Waals surface area contributed by atoms with Crippen LogP contribution >= 0.6 is 0 Å². The van der Waals surface area contributed by atoms with Crippen LogP contribution in [0.4, 0.5) is 0 Å². The first-order chi connectivity index (χ1) is 8.86. The van der Waals surface area contributed by atoms with Crippen molar-refractivity contribution in [3.63, 3.8) is 0 Å². The highest BCUT2D eigenvalue weighted by molar-refractivity contribution is 5.33. The highest BCUT2D eigenvalue weighted by Crippen LogP contribution is 2.20. The quantitative estimate of drug-likeness (QED) is 0.696. The maximum Gasteiger partial charge on any atom is 0.143 e. The Bertz CT molecular complexity index is 618. The van der Waals surface area contributed by atoms with Gasteiger partial charge in [0, 0.05) is 0 Å². The van der Waals surface area contributed by atoms with E-state index in [0.717, 1.165) is 5.69 Å². The van der Waals surface area contributed by atoms with E-state index >= 15 is 0 Å². The summed E-state index contributed by atoms with van der Waals surface area (Å²) in [6, 6.07) is 9.46. The van der Waals surface area contributed by atoms with Crippen molar-refractivity contribution >= 4 is 0 Å². The van der Waals surface area contributed by atoms with Crippen LogP contribution in [-0.2, 0) is 0 Å². The van der Waals surface area contributed by atoms with Crippen LogP contribution in [0.15, 0.2) is 42.7 Å². The lowest BCUT2D eigenvalue weighted by Gasteiger charge is -2.09. The van der Waals surface area contributed by atoms with Crippen molar-refractivity contribution < 1.29 is 5.11 Å². The molecule has 0 radical (unpaired) electrons. The van der Waals surface area contributed by atoms with Gasteiger partial charge in [-0.05, 0) is 12.1 Å². The number of para-hydroxylation sites is 1. The Morgan fingerprint density at radius 1 is 1.17 bits per heavy atom. The molecule has 7 heteroatoms. The molecule has 0 fully saturated rings. The number of rotatable bonds is 3. The second-order valence-corrected chi connectivity index (χ2v) is 3.70. The minimum absolute atomic E-state index is 0.425. The monoisotopic (exact) mass is 242 g/mol. The van der Waals surface area contributed by atoms with Crippen molar-refractivity contribution in [1.29, 1.82) is 0 Å². The molecule has 3 aromatic rings. The normalized spacial score (nSPS) is 12.5. The molecule has 0 bridgehead atoms. The number of hydrogen-bond acceptors (Lipinski definition) is 5. The summed E-state index contributed by atoms with van der Waals surface area (Å²) >= 11 is 0. The number of aromatic nitrogens is 6. The van der Waals surface area contributed by atoms with Crippen LogP contribution in [0.5, 0.6) is 0 Å². The Kier molecular flexibility index (Phi) is 2.58. The Balaban J connectivity index is 2.02. The molecule has 0 aliphatic heterocycles. The van der Waals surface area contributed by atoms with Crippen molar-refractivity contribution in [2.75, 3.05) is 0 Å². The van der Waals surface area contributed by atoms with E-state index < -0.39 is 6.10 Å². The van der Waals surface area contributed by atoms with Crippen molar-refractivity contribution in [2.45, 2.75) is 6.10 Å². The first-order valence-corrected chi connectivity index (χ1v) is 5.36. The Morgan fingerprint density at radius 2 is 2.00 bits per heavy atom. The fraction of sp³-hybridized carbons (Fsp3) is 0.0909. The second kappa shape index (κ2) is 4.38. The van der Waals surface area contributed by atoms with Gasteiger partial charge in [-0.3, -0.25) is 0 Å². The van der Waals surface area contributed by atoms with Gasteiger partial charge in [0.2, 0.25) is 0 Å². The number of nitrogens with zero attached hydrogens (tertiary/aromatic N) is 5. The standard InChI is InChI=1S/C11H10N6O/c18-11(9-6-12-15-14-9)10-7-13-16-17(10)8-4-2-1-3-5-8/h1-7,11,18H,(H,12,14,15). The van der Waals surface area contributed by atoms with E-state index in [1.54, 1.807) is 4.68 Å². The molecular weight excluding hydrogens is 232 g/mol. The van der Waals surface area contributed by atoms with E-state index in [4.69, 9.17) is 0 Å². The molecule has 1 atom stereocenters. The zero-order chi connectivity index (χ0) is 12.4. The molecule has 1 aromatic carbocycles. The molecule has 7 nitrogen and oxygen atoms in total. The highest BCUT2D eigenvalue weighted by Gasteiger charge is 2.19. The summed E-state index contributed by atoms with van der Waals surface area (Å²) in [5.74, 6) is 0. The van der Waals surface area contributed by atoms with Gasteiger partial charge in [0.15, 0.2) is 0 Å². The highest BCUT2D eigenvalue weighted by atomic mass is 16.3. The summed E-state index contributed by atoms with van der Waals surface area (Å²) in [5, 5.41) is 28.0. The molecule has 0 aliphatic carbocycles. The summed E-state index contributed by atoms with van der Waals surface area (Å²) < 4.78 is 1.57. The molecule has 2 aromatic heterocycles. The van der Waals surface area contributed by atoms with Crippen LogP contribution in [-0.4, -0.2) is 35.5 Å². The van der Waals surface area contributed by atoms with E-state index in [9.17, 15) is 5.11 Å². The summed E-state index contributed by atoms with van der Waals surface area (Å²) in [7, 11) is 0. The molecule has 2 N–H and O–H groups in total. The molecule has 2 heterocycles. The van der Waals surface area contributed by atoms with Gasteiger partial charge in [-0.2, -0.15) is 15.4 Å². The number of nitrogens with one attached hydrogen (secondary N) is 1. The zero-order valence-corrected chi connectivity index (χ0v) is 9.30. The summed E-state index contributed by atoms with van der Waals surface area (Å²) in [6.07, 6.45) is 2.05. The topological polar surface area (TPSA) is 92.5 Å². The van der Waals surface area contributed by atoms with Crippen LogP contribution in [0.1, 0.15) is 17.5 Å². The Hall–Kier alpha value is -2.54. The molecule has 0 aliphatic rings. The predicted octanol–water partition coefficient (Wildman–Crippen LogP) is 0.467. The third kappa shape index (κ3) is 1.76. The molecule has 0 spiro atoms. The summed E-state index contributed by atoms with van der Waals surface area (Å²) in [6.45, 7) is 0. The van der Waals surface area contributed by atoms with E-state index in [2.05, 4.69) is 25.7 Å². The molecule has 0 saturated carbocycles. The number of aromatic amines is 1. The average Bonchev–Trinajstić information content (AvgIpc) is 3.10. The minimum Gasteiger partial charge on any atom is -0.380 e. The molecule has 1 unspecified atom stereocenters. The summed E-state index contributed by atoms with van der Waals surface area (Å²) in [5.41, 5.74) is 1.79. The van der Waals surface area contributed by atoms with E-state index in [-0.39, 0.29) is 0 Å². The lowest BCUT2D eigenvalue weighted by Crippen LogP contribution is -2.08. The number of H-pyrrole nitrogens is 1. The molecule has 90 valence electrons. The van der Waals surface area contributed by atoms with Crippen molar-refractivity contribution in [2.24, 2.45) is 0 Å². The van der Waals surface area contributed by atoms with Gasteiger partial charge in [0.1, 0.15) is 11.8 Å². The van der Waals surface area contributed by atoms with Crippen LogP contribution in [0.25, 0.3) is 5.69 Å². The van der Waals surface area contributed by atoms with Crippen LogP contribution < -0.4 is 0 Å². The zero-order valence-electron chi connectivity index (χ0n) is 9.30. The largest absolute Gasteiger partial charge is 0.380 e. The predicted molar refractivity (Wildman–Crippen MR) is 61.8 cm³/mol.